The van der Waals surface area contributed by atoms with Gasteiger partial charge in [0.1, 0.15) is 4.21 Å². The van der Waals surface area contributed by atoms with Crippen molar-refractivity contribution in [2.24, 2.45) is 0 Å². The van der Waals surface area contributed by atoms with Crippen LogP contribution in [0.3, 0.4) is 0 Å². The van der Waals surface area contributed by atoms with Crippen molar-refractivity contribution < 1.29 is 8.42 Å². The fraction of sp³-hybridized carbons (Fsp3) is 0.474. The molecule has 3 rings (SSSR count). The second-order valence-electron chi connectivity index (χ2n) is 6.55. The Morgan fingerprint density at radius 2 is 1.72 bits per heavy atom. The van der Waals surface area contributed by atoms with E-state index >= 15 is 0 Å². The average Bonchev–Trinajstić information content (AvgIpc) is 3.13. The SMILES string of the molecule is CCc1ccc(S(=O)(=O)N2CCN(C(C)Cc3ccccc3)CC2)s1. The molecule has 1 unspecified atom stereocenters. The van der Waals surface area contributed by atoms with Gasteiger partial charge in [-0.15, -0.1) is 11.3 Å². The number of hydrogen-bond donors (Lipinski definition) is 0. The van der Waals surface area contributed by atoms with Crippen LogP contribution in [0.4, 0.5) is 0 Å². The molecule has 1 fully saturated rings. The summed E-state index contributed by atoms with van der Waals surface area (Å²) in [6.07, 6.45) is 1.88. The molecule has 1 aromatic heterocycles. The maximum absolute atomic E-state index is 12.8. The van der Waals surface area contributed by atoms with E-state index in [-0.39, 0.29) is 0 Å². The third kappa shape index (κ3) is 4.31. The third-order valence-corrected chi connectivity index (χ3v) is 8.45. The Labute approximate surface area is 155 Å². The summed E-state index contributed by atoms with van der Waals surface area (Å²) < 4.78 is 27.7. The Kier molecular flexibility index (Phi) is 5.94. The second-order valence-corrected chi connectivity index (χ2v) is 9.89. The molecule has 1 atom stereocenters. The Bertz CT molecular complexity index is 779. The van der Waals surface area contributed by atoms with Crippen LogP contribution in [0.5, 0.6) is 0 Å². The van der Waals surface area contributed by atoms with E-state index in [1.54, 1.807) is 10.4 Å². The molecule has 25 heavy (non-hydrogen) atoms. The van der Waals surface area contributed by atoms with Gasteiger partial charge in [0.05, 0.1) is 0 Å². The minimum atomic E-state index is -3.33. The molecule has 1 aromatic carbocycles. The van der Waals surface area contributed by atoms with Crippen LogP contribution in [0, 0.1) is 0 Å². The lowest BCUT2D eigenvalue weighted by molar-refractivity contribution is 0.145. The Hall–Kier alpha value is -1.21. The first-order valence-electron chi connectivity index (χ1n) is 8.87. The van der Waals surface area contributed by atoms with Crippen molar-refractivity contribution in [3.63, 3.8) is 0 Å². The minimum absolute atomic E-state index is 0.417. The lowest BCUT2D eigenvalue weighted by Gasteiger charge is -2.37. The van der Waals surface area contributed by atoms with Gasteiger partial charge < -0.3 is 0 Å². The quantitative estimate of drug-likeness (QED) is 0.775. The minimum Gasteiger partial charge on any atom is -0.298 e. The molecule has 4 nitrogen and oxygen atoms in total. The number of nitrogens with zero attached hydrogens (tertiary/aromatic N) is 2. The Balaban J connectivity index is 1.59. The molecular weight excluding hydrogens is 352 g/mol. The smallest absolute Gasteiger partial charge is 0.252 e. The number of thiophene rings is 1. The van der Waals surface area contributed by atoms with Gasteiger partial charge in [-0.3, -0.25) is 4.90 Å². The molecule has 1 aliphatic heterocycles. The Morgan fingerprint density at radius 3 is 2.32 bits per heavy atom. The highest BCUT2D eigenvalue weighted by Crippen LogP contribution is 2.26. The van der Waals surface area contributed by atoms with E-state index in [1.165, 1.54) is 16.9 Å². The predicted octanol–water partition coefficient (Wildman–Crippen LogP) is 3.25. The van der Waals surface area contributed by atoms with E-state index in [4.69, 9.17) is 0 Å². The van der Waals surface area contributed by atoms with Gasteiger partial charge in [0.2, 0.25) is 0 Å². The molecule has 1 saturated heterocycles. The van der Waals surface area contributed by atoms with Gasteiger partial charge in [-0.1, -0.05) is 37.3 Å². The normalized spacial score (nSPS) is 18.3. The summed E-state index contributed by atoms with van der Waals surface area (Å²) >= 11 is 1.40. The van der Waals surface area contributed by atoms with Crippen molar-refractivity contribution in [2.45, 2.75) is 36.9 Å². The monoisotopic (exact) mass is 378 g/mol. The summed E-state index contributed by atoms with van der Waals surface area (Å²) in [5, 5.41) is 0. The highest BCUT2D eigenvalue weighted by atomic mass is 32.2. The Morgan fingerprint density at radius 1 is 1.04 bits per heavy atom. The molecule has 0 N–H and O–H groups in total. The zero-order valence-corrected chi connectivity index (χ0v) is 16.5. The van der Waals surface area contributed by atoms with Crippen molar-refractivity contribution in [1.82, 2.24) is 9.21 Å². The van der Waals surface area contributed by atoms with Gasteiger partial charge in [-0.25, -0.2) is 8.42 Å². The molecular formula is C19H26N2O2S2. The number of piperazine rings is 1. The number of benzene rings is 1. The van der Waals surface area contributed by atoms with Crippen LogP contribution >= 0.6 is 11.3 Å². The van der Waals surface area contributed by atoms with Gasteiger partial charge in [0, 0.05) is 37.1 Å². The molecule has 1 aliphatic rings. The zero-order chi connectivity index (χ0) is 17.9. The van der Waals surface area contributed by atoms with E-state index in [9.17, 15) is 8.42 Å². The molecule has 6 heteroatoms. The van der Waals surface area contributed by atoms with Gasteiger partial charge in [0.25, 0.3) is 10.0 Å². The molecule has 2 aromatic rings. The van der Waals surface area contributed by atoms with Crippen LogP contribution in [-0.4, -0.2) is 49.8 Å². The largest absolute Gasteiger partial charge is 0.298 e. The second kappa shape index (κ2) is 7.99. The highest BCUT2D eigenvalue weighted by molar-refractivity contribution is 7.91. The van der Waals surface area contributed by atoms with Crippen molar-refractivity contribution >= 4 is 21.4 Å². The van der Waals surface area contributed by atoms with Crippen molar-refractivity contribution in [3.8, 4) is 0 Å². The average molecular weight is 379 g/mol. The summed E-state index contributed by atoms with van der Waals surface area (Å²) in [5.74, 6) is 0. The molecule has 0 saturated carbocycles. The summed E-state index contributed by atoms with van der Waals surface area (Å²) in [5.41, 5.74) is 1.33. The van der Waals surface area contributed by atoms with E-state index in [0.717, 1.165) is 30.8 Å². The number of aryl methyl sites for hydroxylation is 1. The van der Waals surface area contributed by atoms with E-state index in [0.29, 0.717) is 23.3 Å². The molecule has 0 aliphatic carbocycles. The molecule has 136 valence electrons. The van der Waals surface area contributed by atoms with Crippen LogP contribution in [0.2, 0.25) is 0 Å². The summed E-state index contributed by atoms with van der Waals surface area (Å²) in [7, 11) is -3.33. The van der Waals surface area contributed by atoms with Gasteiger partial charge in [-0.2, -0.15) is 4.31 Å². The van der Waals surface area contributed by atoms with Gasteiger partial charge in [0.15, 0.2) is 0 Å². The van der Waals surface area contributed by atoms with Crippen molar-refractivity contribution in [1.29, 1.82) is 0 Å². The summed E-state index contributed by atoms with van der Waals surface area (Å²) in [4.78, 5) is 3.51. The zero-order valence-electron chi connectivity index (χ0n) is 14.9. The summed E-state index contributed by atoms with van der Waals surface area (Å²) in [6, 6.07) is 14.6. The first-order chi connectivity index (χ1) is 12.0. The van der Waals surface area contributed by atoms with Crippen LogP contribution in [-0.2, 0) is 22.9 Å². The maximum Gasteiger partial charge on any atom is 0.252 e. The standard InChI is InChI=1S/C19H26N2O2S2/c1-3-18-9-10-19(24-18)25(22,23)21-13-11-20(12-14-21)16(2)15-17-7-5-4-6-8-17/h4-10,16H,3,11-15H2,1-2H3. The first-order valence-corrected chi connectivity index (χ1v) is 11.1. The fourth-order valence-corrected chi connectivity index (χ4v) is 6.16. The highest BCUT2D eigenvalue weighted by Gasteiger charge is 2.30. The van der Waals surface area contributed by atoms with Crippen LogP contribution in [0.25, 0.3) is 0 Å². The van der Waals surface area contributed by atoms with Crippen LogP contribution in [0.15, 0.2) is 46.7 Å². The maximum atomic E-state index is 12.8. The lowest BCUT2D eigenvalue weighted by atomic mass is 10.1. The fourth-order valence-electron chi connectivity index (χ4n) is 3.28. The lowest BCUT2D eigenvalue weighted by Crippen LogP contribution is -2.51. The molecule has 0 amide bonds. The van der Waals surface area contributed by atoms with Gasteiger partial charge >= 0.3 is 0 Å². The predicted molar refractivity (Wildman–Crippen MR) is 104 cm³/mol. The number of hydrogen-bond acceptors (Lipinski definition) is 4. The third-order valence-electron chi connectivity index (χ3n) is 4.85. The van der Waals surface area contributed by atoms with Crippen molar-refractivity contribution in [2.75, 3.05) is 26.2 Å². The van der Waals surface area contributed by atoms with E-state index in [1.807, 2.05) is 12.1 Å². The van der Waals surface area contributed by atoms with E-state index < -0.39 is 10.0 Å². The molecule has 2 heterocycles. The first kappa shape index (κ1) is 18.6. The van der Waals surface area contributed by atoms with Crippen LogP contribution < -0.4 is 0 Å². The molecule has 0 radical (unpaired) electrons. The number of rotatable bonds is 6. The van der Waals surface area contributed by atoms with Crippen molar-refractivity contribution in [3.05, 3.63) is 52.9 Å². The summed E-state index contributed by atoms with van der Waals surface area (Å²) in [6.45, 7) is 7.00. The number of sulfonamides is 1. The van der Waals surface area contributed by atoms with E-state index in [2.05, 4.69) is 43.0 Å². The van der Waals surface area contributed by atoms with Gasteiger partial charge in [-0.05, 0) is 37.5 Å². The topological polar surface area (TPSA) is 40.6 Å². The molecule has 0 spiro atoms. The van der Waals surface area contributed by atoms with Crippen LogP contribution in [0.1, 0.15) is 24.3 Å². The molecule has 0 bridgehead atoms.